The first kappa shape index (κ1) is 10.1. The molecule has 0 aliphatic heterocycles. The second kappa shape index (κ2) is 4.89. The molecule has 0 N–H and O–H groups in total. The molecule has 2 aliphatic rings. The number of hydrogen-bond donors (Lipinski definition) is 0. The molecule has 2 rings (SSSR count). The van der Waals surface area contributed by atoms with Crippen LogP contribution in [0.1, 0.15) is 71.6 Å². The van der Waals surface area contributed by atoms with Gasteiger partial charge in [-0.05, 0) is 31.1 Å². The van der Waals surface area contributed by atoms with Gasteiger partial charge in [0.1, 0.15) is 0 Å². The van der Waals surface area contributed by atoms with Crippen molar-refractivity contribution in [3.63, 3.8) is 0 Å². The van der Waals surface area contributed by atoms with E-state index in [0.717, 1.165) is 5.41 Å². The van der Waals surface area contributed by atoms with E-state index in [4.69, 9.17) is 0 Å². The van der Waals surface area contributed by atoms with E-state index in [9.17, 15) is 0 Å². The van der Waals surface area contributed by atoms with Gasteiger partial charge in [0.2, 0.25) is 0 Å². The van der Waals surface area contributed by atoms with Gasteiger partial charge in [0.15, 0.2) is 0 Å². The third-order valence-electron chi connectivity index (χ3n) is 3.33. The van der Waals surface area contributed by atoms with Gasteiger partial charge in [0.25, 0.3) is 0 Å². The topological polar surface area (TPSA) is 0 Å². The highest BCUT2D eigenvalue weighted by atomic mass is 14.4. The molecule has 0 aromatic rings. The second-order valence-electron chi connectivity index (χ2n) is 4.62. The monoisotopic (exact) mass is 168 g/mol. The maximum atomic E-state index is 2.12. The van der Waals surface area contributed by atoms with Crippen LogP contribution in [0.2, 0.25) is 0 Å². The second-order valence-corrected chi connectivity index (χ2v) is 4.62. The van der Waals surface area contributed by atoms with Gasteiger partial charge in [0.05, 0.1) is 0 Å². The Morgan fingerprint density at radius 1 is 0.750 bits per heavy atom. The highest BCUT2D eigenvalue weighted by Gasteiger charge is 2.35. The maximum Gasteiger partial charge on any atom is -0.0297 e. The Morgan fingerprint density at radius 2 is 1.00 bits per heavy atom. The Labute approximate surface area is 77.7 Å². The molecule has 0 amide bonds. The molecule has 0 atom stereocenters. The molecule has 0 aromatic carbocycles. The van der Waals surface area contributed by atoms with Crippen LogP contribution in [0.5, 0.6) is 0 Å². The van der Waals surface area contributed by atoms with E-state index < -0.39 is 0 Å². The van der Waals surface area contributed by atoms with Crippen LogP contribution in [0.15, 0.2) is 0 Å². The van der Waals surface area contributed by atoms with Crippen molar-refractivity contribution in [2.75, 3.05) is 0 Å². The molecule has 0 nitrogen and oxygen atoms in total. The number of rotatable bonds is 0. The minimum Gasteiger partial charge on any atom is -0.0656 e. The highest BCUT2D eigenvalue weighted by molar-refractivity contribution is 4.88. The lowest BCUT2D eigenvalue weighted by molar-refractivity contribution is 0.309. The van der Waals surface area contributed by atoms with Gasteiger partial charge < -0.3 is 0 Å². The molecular formula is C12H24. The summed E-state index contributed by atoms with van der Waals surface area (Å²) in [5.41, 5.74) is 0.889. The Balaban J connectivity index is 0.000000213. The number of hydrogen-bond acceptors (Lipinski definition) is 0. The third kappa shape index (κ3) is 2.50. The molecule has 0 radical (unpaired) electrons. The van der Waals surface area contributed by atoms with Gasteiger partial charge in [-0.1, -0.05) is 46.0 Å². The van der Waals surface area contributed by atoms with E-state index in [1.54, 1.807) is 25.7 Å². The van der Waals surface area contributed by atoms with Gasteiger partial charge in [-0.3, -0.25) is 0 Å². The largest absolute Gasteiger partial charge is 0.0656 e. The predicted molar refractivity (Wildman–Crippen MR) is 55.3 cm³/mol. The Morgan fingerprint density at radius 3 is 1.25 bits per heavy atom. The van der Waals surface area contributed by atoms with E-state index in [2.05, 4.69) is 13.8 Å². The highest BCUT2D eigenvalue weighted by Crippen LogP contribution is 2.50. The van der Waals surface area contributed by atoms with E-state index >= 15 is 0 Å². The lowest BCUT2D eigenvalue weighted by atomic mass is 9.85. The molecule has 0 bridgehead atoms. The summed E-state index contributed by atoms with van der Waals surface area (Å²) in [6.45, 7) is 4.25. The Kier molecular flexibility index (Phi) is 4.11. The van der Waals surface area contributed by atoms with Gasteiger partial charge >= 0.3 is 0 Å². The van der Waals surface area contributed by atoms with Crippen LogP contribution in [-0.4, -0.2) is 0 Å². The van der Waals surface area contributed by atoms with Gasteiger partial charge in [0, 0.05) is 0 Å². The van der Waals surface area contributed by atoms with Crippen molar-refractivity contribution in [1.82, 2.24) is 0 Å². The lowest BCUT2D eigenvalue weighted by Crippen LogP contribution is -2.08. The first-order valence-electron chi connectivity index (χ1n) is 5.83. The zero-order chi connectivity index (χ0) is 8.86. The molecule has 0 heterocycles. The fourth-order valence-electron chi connectivity index (χ4n) is 2.75. The standard InChI is InChI=1S/C9H16.C3H8/c1-2-6-9(5-1)7-3-4-8-9;1-3-2/h1-8H2;3H2,1-2H3. The normalized spacial score (nSPS) is 25.5. The van der Waals surface area contributed by atoms with Crippen LogP contribution in [0.4, 0.5) is 0 Å². The SMILES string of the molecule is C1CCC2(C1)CCCC2.CCC. The zero-order valence-electron chi connectivity index (χ0n) is 8.86. The van der Waals surface area contributed by atoms with Crippen LogP contribution in [0.3, 0.4) is 0 Å². The van der Waals surface area contributed by atoms with Gasteiger partial charge in [-0.25, -0.2) is 0 Å². The third-order valence-corrected chi connectivity index (χ3v) is 3.33. The summed E-state index contributed by atoms with van der Waals surface area (Å²) in [4.78, 5) is 0. The van der Waals surface area contributed by atoms with E-state index in [1.165, 1.54) is 32.1 Å². The minimum atomic E-state index is 0.889. The van der Waals surface area contributed by atoms with Gasteiger partial charge in [-0.2, -0.15) is 0 Å². The van der Waals surface area contributed by atoms with Crippen LogP contribution in [0.25, 0.3) is 0 Å². The van der Waals surface area contributed by atoms with Crippen molar-refractivity contribution in [2.45, 2.75) is 71.6 Å². The van der Waals surface area contributed by atoms with Crippen LogP contribution in [-0.2, 0) is 0 Å². The first-order valence-corrected chi connectivity index (χ1v) is 5.83. The van der Waals surface area contributed by atoms with Crippen molar-refractivity contribution >= 4 is 0 Å². The maximum absolute atomic E-state index is 2.12. The molecule has 0 unspecified atom stereocenters. The summed E-state index contributed by atoms with van der Waals surface area (Å²) in [7, 11) is 0. The molecule has 12 heavy (non-hydrogen) atoms. The Hall–Kier alpha value is 0. The van der Waals surface area contributed by atoms with Crippen molar-refractivity contribution in [3.05, 3.63) is 0 Å². The summed E-state index contributed by atoms with van der Waals surface area (Å²) >= 11 is 0. The minimum absolute atomic E-state index is 0.889. The van der Waals surface area contributed by atoms with Crippen molar-refractivity contribution in [1.29, 1.82) is 0 Å². The van der Waals surface area contributed by atoms with E-state index in [0.29, 0.717) is 0 Å². The molecule has 0 aromatic heterocycles. The molecule has 0 heteroatoms. The molecule has 2 aliphatic carbocycles. The predicted octanol–water partition coefficient (Wildman–Crippen LogP) is 4.54. The molecule has 72 valence electrons. The van der Waals surface area contributed by atoms with Crippen molar-refractivity contribution in [3.8, 4) is 0 Å². The fraction of sp³-hybridized carbons (Fsp3) is 1.00. The molecule has 2 saturated carbocycles. The quantitative estimate of drug-likeness (QED) is 0.498. The smallest absolute Gasteiger partial charge is 0.0297 e. The molecular weight excluding hydrogens is 144 g/mol. The average Bonchev–Trinajstić information content (AvgIpc) is 2.66. The summed E-state index contributed by atoms with van der Waals surface area (Å²) in [6.07, 6.45) is 13.6. The molecule has 0 saturated heterocycles. The van der Waals surface area contributed by atoms with Crippen LogP contribution >= 0.6 is 0 Å². The summed E-state index contributed by atoms with van der Waals surface area (Å²) in [5.74, 6) is 0. The summed E-state index contributed by atoms with van der Waals surface area (Å²) < 4.78 is 0. The molecule has 2 fully saturated rings. The van der Waals surface area contributed by atoms with Gasteiger partial charge in [-0.15, -0.1) is 0 Å². The lowest BCUT2D eigenvalue weighted by Gasteiger charge is -2.20. The van der Waals surface area contributed by atoms with Crippen molar-refractivity contribution < 1.29 is 0 Å². The average molecular weight is 168 g/mol. The van der Waals surface area contributed by atoms with Crippen LogP contribution in [0, 0.1) is 5.41 Å². The van der Waals surface area contributed by atoms with Crippen LogP contribution < -0.4 is 0 Å². The first-order chi connectivity index (χ1) is 5.83. The Bertz CT molecular complexity index is 85.7. The summed E-state index contributed by atoms with van der Waals surface area (Å²) in [6, 6.07) is 0. The molecule has 1 spiro atoms. The zero-order valence-corrected chi connectivity index (χ0v) is 8.86. The van der Waals surface area contributed by atoms with E-state index in [1.807, 2.05) is 0 Å². The van der Waals surface area contributed by atoms with E-state index in [-0.39, 0.29) is 0 Å². The van der Waals surface area contributed by atoms with Crippen molar-refractivity contribution in [2.24, 2.45) is 5.41 Å². The fourth-order valence-corrected chi connectivity index (χ4v) is 2.75. The summed E-state index contributed by atoms with van der Waals surface area (Å²) in [5, 5.41) is 0.